The smallest absolute Gasteiger partial charge is 0.108 e. The van der Waals surface area contributed by atoms with Gasteiger partial charge in [0, 0.05) is 6.85 Å². The van der Waals surface area contributed by atoms with Crippen LogP contribution in [0.15, 0.2) is 30.3 Å². The van der Waals surface area contributed by atoms with Gasteiger partial charge in [-0.1, -0.05) is 25.1 Å². The summed E-state index contributed by atoms with van der Waals surface area (Å²) in [4.78, 5) is 4.63. The standard InChI is InChI=1S/C10H15NO2/c1-2-10(8-12)13-11-9-6-4-3-5-7-9/h3-7,10-12H,2,8H2,1H3/t10-/m1/s1/i1D3,2D2,8D2,10D. The Morgan fingerprint density at radius 2 is 2.46 bits per heavy atom. The summed E-state index contributed by atoms with van der Waals surface area (Å²) in [6, 6.07) is 7.79. The van der Waals surface area contributed by atoms with E-state index in [2.05, 4.69) is 10.3 Å². The number of rotatable bonds is 5. The number of para-hydroxylation sites is 1. The van der Waals surface area contributed by atoms with E-state index in [0.29, 0.717) is 0 Å². The van der Waals surface area contributed by atoms with Crippen molar-refractivity contribution in [1.82, 2.24) is 0 Å². The third-order valence-corrected chi connectivity index (χ3v) is 1.26. The summed E-state index contributed by atoms with van der Waals surface area (Å²) in [5.41, 5.74) is 2.33. The molecule has 1 rings (SSSR count). The average molecular weight is 189 g/mol. The van der Waals surface area contributed by atoms with Crippen LogP contribution in [-0.2, 0) is 4.84 Å². The van der Waals surface area contributed by atoms with E-state index < -0.39 is 25.9 Å². The number of hydrogen-bond donors (Lipinski definition) is 2. The molecular formula is C10H15NO2. The molecule has 3 heteroatoms. The molecular weight excluding hydrogens is 166 g/mol. The molecule has 0 radical (unpaired) electrons. The summed E-state index contributed by atoms with van der Waals surface area (Å²) in [5, 5.41) is 9.40. The van der Waals surface area contributed by atoms with Gasteiger partial charge in [0.25, 0.3) is 0 Å². The van der Waals surface area contributed by atoms with Gasteiger partial charge in [0.1, 0.15) is 6.08 Å². The first-order valence-electron chi connectivity index (χ1n) is 7.54. The van der Waals surface area contributed by atoms with Crippen molar-refractivity contribution < 1.29 is 20.9 Å². The van der Waals surface area contributed by atoms with Crippen LogP contribution in [0.3, 0.4) is 0 Å². The minimum absolute atomic E-state index is 0.236. The van der Waals surface area contributed by atoms with Gasteiger partial charge in [-0.3, -0.25) is 10.3 Å². The number of anilines is 1. The van der Waals surface area contributed by atoms with E-state index >= 15 is 0 Å². The first-order chi connectivity index (χ1) is 9.33. The molecule has 0 spiro atoms. The van der Waals surface area contributed by atoms with E-state index in [1.807, 2.05) is 0 Å². The van der Waals surface area contributed by atoms with Gasteiger partial charge in [0.05, 0.1) is 16.4 Å². The Labute approximate surface area is 89.5 Å². The Kier molecular flexibility index (Phi) is 1.54. The Balaban J connectivity index is 3.12. The Morgan fingerprint density at radius 3 is 3.08 bits per heavy atom. The van der Waals surface area contributed by atoms with Crippen LogP contribution >= 0.6 is 0 Å². The maximum absolute atomic E-state index is 9.40. The lowest BCUT2D eigenvalue weighted by atomic mass is 10.3. The molecule has 0 aromatic heterocycles. The van der Waals surface area contributed by atoms with Crippen LogP contribution in [0.4, 0.5) is 5.69 Å². The van der Waals surface area contributed by atoms with Crippen molar-refractivity contribution in [2.75, 3.05) is 12.0 Å². The summed E-state index contributed by atoms with van der Waals surface area (Å²) in [7, 11) is 0. The normalized spacial score (nSPS) is 27.2. The zero-order chi connectivity index (χ0) is 16.5. The predicted octanol–water partition coefficient (Wildman–Crippen LogP) is 1.80. The largest absolute Gasteiger partial charge is 0.394 e. The highest BCUT2D eigenvalue weighted by Gasteiger charge is 2.03. The zero-order valence-electron chi connectivity index (χ0n) is 14.7. The monoisotopic (exact) mass is 189 g/mol. The van der Waals surface area contributed by atoms with E-state index in [9.17, 15) is 5.11 Å². The van der Waals surface area contributed by atoms with Crippen molar-refractivity contribution in [2.45, 2.75) is 19.3 Å². The lowest BCUT2D eigenvalue weighted by Gasteiger charge is -2.13. The van der Waals surface area contributed by atoms with Gasteiger partial charge in [-0.05, 0) is 18.5 Å². The third kappa shape index (κ3) is 3.44. The van der Waals surface area contributed by atoms with Crippen LogP contribution in [-0.4, -0.2) is 17.7 Å². The average Bonchev–Trinajstić information content (AvgIpc) is 2.34. The van der Waals surface area contributed by atoms with E-state index in [-0.39, 0.29) is 5.69 Å². The minimum Gasteiger partial charge on any atom is -0.394 e. The molecule has 0 bridgehead atoms. The van der Waals surface area contributed by atoms with Gasteiger partial charge in [-0.2, -0.15) is 0 Å². The van der Waals surface area contributed by atoms with Gasteiger partial charge in [-0.15, -0.1) is 0 Å². The summed E-state index contributed by atoms with van der Waals surface area (Å²) < 4.78 is 58.4. The summed E-state index contributed by atoms with van der Waals surface area (Å²) >= 11 is 0. The summed E-state index contributed by atoms with van der Waals surface area (Å²) in [6.07, 6.45) is -6.92. The van der Waals surface area contributed by atoms with Gasteiger partial charge in [0.15, 0.2) is 0 Å². The van der Waals surface area contributed by atoms with E-state index in [1.165, 1.54) is 12.1 Å². The van der Waals surface area contributed by atoms with Crippen molar-refractivity contribution in [3.8, 4) is 0 Å². The molecule has 1 atom stereocenters. The van der Waals surface area contributed by atoms with Crippen molar-refractivity contribution in [3.05, 3.63) is 30.3 Å². The van der Waals surface area contributed by atoms with Crippen LogP contribution in [0, 0.1) is 0 Å². The number of nitrogens with one attached hydrogen (secondary N) is 1. The maximum Gasteiger partial charge on any atom is 0.108 e. The van der Waals surface area contributed by atoms with Crippen LogP contribution in [0.2, 0.25) is 0 Å². The molecule has 0 aliphatic carbocycles. The number of benzene rings is 1. The molecule has 0 aliphatic heterocycles. The quantitative estimate of drug-likeness (QED) is 0.694. The SMILES string of the molecule is [2H]C([2H])([2H])C([2H])([2H])[C@@]([2H])(ONc1ccccc1)C([2H])([2H])O. The van der Waals surface area contributed by atoms with Gasteiger partial charge >= 0.3 is 0 Å². The molecule has 1 aromatic carbocycles. The fraction of sp³-hybridized carbons (Fsp3) is 0.400. The second-order valence-corrected chi connectivity index (χ2v) is 2.14. The van der Waals surface area contributed by atoms with Crippen molar-refractivity contribution in [2.24, 2.45) is 0 Å². The molecule has 0 amide bonds. The molecule has 0 fully saturated rings. The van der Waals surface area contributed by atoms with Crippen molar-refractivity contribution in [3.63, 3.8) is 0 Å². The van der Waals surface area contributed by atoms with Crippen LogP contribution in [0.5, 0.6) is 0 Å². The second kappa shape index (κ2) is 5.56. The van der Waals surface area contributed by atoms with Gasteiger partial charge < -0.3 is 5.11 Å². The molecule has 0 heterocycles. The molecule has 2 N–H and O–H groups in total. The molecule has 0 unspecified atom stereocenters. The van der Waals surface area contributed by atoms with Crippen LogP contribution in [0.1, 0.15) is 24.2 Å². The lowest BCUT2D eigenvalue weighted by Crippen LogP contribution is -2.19. The van der Waals surface area contributed by atoms with Gasteiger partial charge in [-0.25, -0.2) is 0 Å². The second-order valence-electron chi connectivity index (χ2n) is 2.14. The first-order valence-corrected chi connectivity index (χ1v) is 3.54. The number of aliphatic hydroxyl groups is 1. The Morgan fingerprint density at radius 1 is 1.69 bits per heavy atom. The highest BCUT2D eigenvalue weighted by molar-refractivity contribution is 5.39. The van der Waals surface area contributed by atoms with Crippen molar-refractivity contribution in [1.29, 1.82) is 0 Å². The molecule has 3 nitrogen and oxygen atoms in total. The molecule has 0 saturated heterocycles. The highest BCUT2D eigenvalue weighted by atomic mass is 16.7. The molecule has 72 valence electrons. The molecule has 0 saturated carbocycles. The van der Waals surface area contributed by atoms with Crippen molar-refractivity contribution >= 4 is 5.69 Å². The molecule has 1 aromatic rings. The Bertz CT molecular complexity index is 472. The third-order valence-electron chi connectivity index (χ3n) is 1.26. The van der Waals surface area contributed by atoms with E-state index in [1.54, 1.807) is 18.2 Å². The predicted molar refractivity (Wildman–Crippen MR) is 52.3 cm³/mol. The maximum atomic E-state index is 9.40. The topological polar surface area (TPSA) is 41.5 Å². The van der Waals surface area contributed by atoms with Gasteiger partial charge in [0.2, 0.25) is 0 Å². The first kappa shape index (κ1) is 3.59. The Hall–Kier alpha value is -1.06. The van der Waals surface area contributed by atoms with Crippen LogP contribution in [0.25, 0.3) is 0 Å². The van der Waals surface area contributed by atoms with Crippen LogP contribution < -0.4 is 5.48 Å². The summed E-state index contributed by atoms with van der Waals surface area (Å²) in [5.74, 6) is 0. The van der Waals surface area contributed by atoms with E-state index in [0.717, 1.165) is 0 Å². The zero-order valence-corrected chi connectivity index (χ0v) is 6.74. The fourth-order valence-corrected chi connectivity index (χ4v) is 0.692. The number of hydrogen-bond acceptors (Lipinski definition) is 3. The lowest BCUT2D eigenvalue weighted by molar-refractivity contribution is 0.0448. The minimum atomic E-state index is -3.58. The van der Waals surface area contributed by atoms with E-state index in [4.69, 9.17) is 11.0 Å². The fourth-order valence-electron chi connectivity index (χ4n) is 0.692. The molecule has 0 aliphatic rings. The summed E-state index contributed by atoms with van der Waals surface area (Å²) in [6.45, 7) is -6.96. The highest BCUT2D eigenvalue weighted by Crippen LogP contribution is 2.06. The molecule has 13 heavy (non-hydrogen) atoms.